The van der Waals surface area contributed by atoms with Gasteiger partial charge in [0.25, 0.3) is 0 Å². The number of aliphatic hydroxyl groups excluding tert-OH is 1. The Morgan fingerprint density at radius 2 is 2.12 bits per heavy atom. The third-order valence-corrected chi connectivity index (χ3v) is 3.37. The Balaban J connectivity index is 1.98. The minimum Gasteiger partial charge on any atom is -0.485 e. The van der Waals surface area contributed by atoms with Crippen LogP contribution in [0.15, 0.2) is 0 Å². The number of ether oxygens (including phenoxy) is 3. The Labute approximate surface area is 98.8 Å². The monoisotopic (exact) mass is 244 g/mol. The van der Waals surface area contributed by atoms with E-state index in [9.17, 15) is 0 Å². The molecule has 2 rings (SSSR count). The maximum Gasteiger partial charge on any atom is 0.175 e. The van der Waals surface area contributed by atoms with Crippen LogP contribution in [0.2, 0.25) is 0 Å². The smallest absolute Gasteiger partial charge is 0.175 e. The van der Waals surface area contributed by atoms with E-state index in [1.807, 2.05) is 13.8 Å². The summed E-state index contributed by atoms with van der Waals surface area (Å²) in [5, 5.41) is 8.61. The molecule has 1 unspecified atom stereocenters. The van der Waals surface area contributed by atoms with Crippen LogP contribution in [0.1, 0.15) is 9.75 Å². The molecule has 90 valence electrons. The SMILES string of the molecule is Cc1sc(C)c2c1OCC(COCCO)O2. The zero-order chi connectivity index (χ0) is 11.5. The molecule has 0 saturated heterocycles. The third-order valence-electron chi connectivity index (χ3n) is 2.39. The molecule has 1 aliphatic heterocycles. The van der Waals surface area contributed by atoms with E-state index in [-0.39, 0.29) is 12.7 Å². The second-order valence-corrected chi connectivity index (χ2v) is 5.15. The fourth-order valence-electron chi connectivity index (χ4n) is 1.68. The van der Waals surface area contributed by atoms with E-state index in [1.165, 1.54) is 0 Å². The molecule has 2 heterocycles. The van der Waals surface area contributed by atoms with Gasteiger partial charge in [-0.15, -0.1) is 11.3 Å². The standard InChI is InChI=1S/C11H16O4S/c1-7-10-11(8(2)16-7)15-9(6-14-10)5-13-4-3-12/h9,12H,3-6H2,1-2H3. The molecular weight excluding hydrogens is 228 g/mol. The molecule has 0 bridgehead atoms. The first kappa shape index (κ1) is 11.7. The predicted molar refractivity (Wildman–Crippen MR) is 61.6 cm³/mol. The second-order valence-electron chi connectivity index (χ2n) is 3.72. The van der Waals surface area contributed by atoms with Crippen molar-refractivity contribution in [2.45, 2.75) is 20.0 Å². The molecule has 0 aliphatic carbocycles. The number of aryl methyl sites for hydroxylation is 2. The summed E-state index contributed by atoms with van der Waals surface area (Å²) in [5.41, 5.74) is 0. The average Bonchev–Trinajstić information content (AvgIpc) is 2.55. The van der Waals surface area contributed by atoms with Crippen LogP contribution >= 0.6 is 11.3 Å². The van der Waals surface area contributed by atoms with E-state index in [2.05, 4.69) is 0 Å². The van der Waals surface area contributed by atoms with Crippen LogP contribution in [0, 0.1) is 13.8 Å². The van der Waals surface area contributed by atoms with Crippen molar-refractivity contribution in [1.82, 2.24) is 0 Å². The Morgan fingerprint density at radius 3 is 2.88 bits per heavy atom. The van der Waals surface area contributed by atoms with Crippen molar-refractivity contribution >= 4 is 11.3 Å². The molecule has 0 aromatic carbocycles. The lowest BCUT2D eigenvalue weighted by Crippen LogP contribution is -2.33. The number of hydrogen-bond donors (Lipinski definition) is 1. The summed E-state index contributed by atoms with van der Waals surface area (Å²) < 4.78 is 16.7. The second kappa shape index (κ2) is 5.03. The van der Waals surface area contributed by atoms with Gasteiger partial charge >= 0.3 is 0 Å². The zero-order valence-corrected chi connectivity index (χ0v) is 10.3. The van der Waals surface area contributed by atoms with E-state index in [0.29, 0.717) is 19.8 Å². The van der Waals surface area contributed by atoms with E-state index in [0.717, 1.165) is 21.3 Å². The number of aliphatic hydroxyl groups is 1. The number of fused-ring (bicyclic) bond motifs is 1. The van der Waals surface area contributed by atoms with Crippen molar-refractivity contribution in [3.8, 4) is 11.5 Å². The molecule has 4 nitrogen and oxygen atoms in total. The van der Waals surface area contributed by atoms with Gasteiger partial charge in [0.2, 0.25) is 0 Å². The molecule has 1 aromatic heterocycles. The van der Waals surface area contributed by atoms with Crippen molar-refractivity contribution in [3.63, 3.8) is 0 Å². The minimum atomic E-state index is -0.0771. The van der Waals surface area contributed by atoms with Gasteiger partial charge < -0.3 is 19.3 Å². The molecule has 16 heavy (non-hydrogen) atoms. The highest BCUT2D eigenvalue weighted by molar-refractivity contribution is 7.12. The Bertz CT molecular complexity index is 361. The zero-order valence-electron chi connectivity index (χ0n) is 9.49. The van der Waals surface area contributed by atoms with Gasteiger partial charge in [0.1, 0.15) is 6.61 Å². The molecule has 1 aromatic rings. The lowest BCUT2D eigenvalue weighted by molar-refractivity contribution is -0.000964. The van der Waals surface area contributed by atoms with Crippen LogP contribution < -0.4 is 9.47 Å². The Hall–Kier alpha value is -0.780. The quantitative estimate of drug-likeness (QED) is 0.816. The molecular formula is C11H16O4S. The van der Waals surface area contributed by atoms with Crippen LogP contribution in [0.5, 0.6) is 11.5 Å². The molecule has 0 radical (unpaired) electrons. The molecule has 0 amide bonds. The summed E-state index contributed by atoms with van der Waals surface area (Å²) in [6.07, 6.45) is -0.0771. The van der Waals surface area contributed by atoms with Crippen LogP contribution in [0.25, 0.3) is 0 Å². The van der Waals surface area contributed by atoms with Gasteiger partial charge in [-0.25, -0.2) is 0 Å². The largest absolute Gasteiger partial charge is 0.485 e. The van der Waals surface area contributed by atoms with Crippen molar-refractivity contribution in [2.75, 3.05) is 26.4 Å². The van der Waals surface area contributed by atoms with E-state index < -0.39 is 0 Å². The first-order chi connectivity index (χ1) is 7.72. The lowest BCUT2D eigenvalue weighted by Gasteiger charge is -2.25. The van der Waals surface area contributed by atoms with Crippen LogP contribution in [0.4, 0.5) is 0 Å². The summed E-state index contributed by atoms with van der Waals surface area (Å²) in [7, 11) is 0. The first-order valence-corrected chi connectivity index (χ1v) is 6.12. The molecule has 1 N–H and O–H groups in total. The Kier molecular flexibility index (Phi) is 3.68. The molecule has 0 spiro atoms. The average molecular weight is 244 g/mol. The van der Waals surface area contributed by atoms with E-state index >= 15 is 0 Å². The van der Waals surface area contributed by atoms with Gasteiger partial charge in [-0.2, -0.15) is 0 Å². The topological polar surface area (TPSA) is 47.9 Å². The van der Waals surface area contributed by atoms with Crippen molar-refractivity contribution in [3.05, 3.63) is 9.75 Å². The van der Waals surface area contributed by atoms with Gasteiger partial charge in [-0.1, -0.05) is 0 Å². The number of hydrogen-bond acceptors (Lipinski definition) is 5. The maximum absolute atomic E-state index is 8.61. The summed E-state index contributed by atoms with van der Waals surface area (Å²) >= 11 is 1.68. The Morgan fingerprint density at radius 1 is 1.38 bits per heavy atom. The highest BCUT2D eigenvalue weighted by Crippen LogP contribution is 2.43. The van der Waals surface area contributed by atoms with Crippen molar-refractivity contribution in [2.24, 2.45) is 0 Å². The summed E-state index contributed by atoms with van der Waals surface area (Å²) in [6.45, 7) is 5.40. The van der Waals surface area contributed by atoms with Gasteiger partial charge in [0.15, 0.2) is 17.6 Å². The van der Waals surface area contributed by atoms with Gasteiger partial charge in [0, 0.05) is 9.75 Å². The molecule has 0 saturated carbocycles. The highest BCUT2D eigenvalue weighted by atomic mass is 32.1. The van der Waals surface area contributed by atoms with Crippen molar-refractivity contribution in [1.29, 1.82) is 0 Å². The van der Waals surface area contributed by atoms with Gasteiger partial charge in [0.05, 0.1) is 19.8 Å². The summed E-state index contributed by atoms with van der Waals surface area (Å²) in [6, 6.07) is 0. The predicted octanol–water partition coefficient (Wildman–Crippen LogP) is 1.51. The molecule has 5 heteroatoms. The summed E-state index contributed by atoms with van der Waals surface area (Å²) in [5.74, 6) is 1.73. The third kappa shape index (κ3) is 2.31. The normalized spacial score (nSPS) is 18.8. The lowest BCUT2D eigenvalue weighted by atomic mass is 10.3. The highest BCUT2D eigenvalue weighted by Gasteiger charge is 2.26. The fourth-order valence-corrected chi connectivity index (χ4v) is 2.62. The molecule has 1 atom stereocenters. The minimum absolute atomic E-state index is 0.0371. The summed E-state index contributed by atoms with van der Waals surface area (Å²) in [4.78, 5) is 2.29. The number of thiophene rings is 1. The van der Waals surface area contributed by atoms with Crippen LogP contribution in [-0.2, 0) is 4.74 Å². The maximum atomic E-state index is 8.61. The van der Waals surface area contributed by atoms with Crippen LogP contribution in [-0.4, -0.2) is 37.6 Å². The van der Waals surface area contributed by atoms with E-state index in [1.54, 1.807) is 11.3 Å². The fraction of sp³-hybridized carbons (Fsp3) is 0.636. The van der Waals surface area contributed by atoms with Gasteiger partial charge in [-0.05, 0) is 13.8 Å². The molecule has 1 aliphatic rings. The first-order valence-electron chi connectivity index (χ1n) is 5.30. The van der Waals surface area contributed by atoms with Crippen molar-refractivity contribution < 1.29 is 19.3 Å². The number of rotatable bonds is 4. The van der Waals surface area contributed by atoms with Crippen LogP contribution in [0.3, 0.4) is 0 Å². The van der Waals surface area contributed by atoms with Gasteiger partial charge in [-0.3, -0.25) is 0 Å². The van der Waals surface area contributed by atoms with E-state index in [4.69, 9.17) is 19.3 Å². The molecule has 0 fully saturated rings.